The van der Waals surface area contributed by atoms with Gasteiger partial charge in [0.2, 0.25) is 23.9 Å². The summed E-state index contributed by atoms with van der Waals surface area (Å²) < 4.78 is 5.88. The van der Waals surface area contributed by atoms with E-state index in [4.69, 9.17) is 21.4 Å². The molecule has 0 saturated carbocycles. The lowest BCUT2D eigenvalue weighted by molar-refractivity contribution is -0.128. The number of rotatable bonds is 4. The van der Waals surface area contributed by atoms with Crippen molar-refractivity contribution in [2.75, 3.05) is 26.2 Å². The summed E-state index contributed by atoms with van der Waals surface area (Å²) in [6, 6.07) is 12.7. The van der Waals surface area contributed by atoms with Crippen LogP contribution in [0.15, 0.2) is 58.8 Å². The van der Waals surface area contributed by atoms with Gasteiger partial charge in [0.25, 0.3) is 0 Å². The fraction of sp³-hybridized carbons (Fsp3) is 0.348. The largest absolute Gasteiger partial charge is 0.471 e. The highest BCUT2D eigenvalue weighted by molar-refractivity contribution is 6.30. The molecule has 0 N–H and O–H groups in total. The van der Waals surface area contributed by atoms with Crippen LogP contribution in [0.1, 0.15) is 18.4 Å². The number of guanidine groups is 1. The first-order chi connectivity index (χ1) is 16.1. The van der Waals surface area contributed by atoms with E-state index in [-0.39, 0.29) is 18.1 Å². The van der Waals surface area contributed by atoms with Gasteiger partial charge in [0, 0.05) is 35.8 Å². The van der Waals surface area contributed by atoms with Gasteiger partial charge in [0.05, 0.1) is 31.4 Å². The zero-order valence-corrected chi connectivity index (χ0v) is 18.6. The maximum atomic E-state index is 12.5. The lowest BCUT2D eigenvalue weighted by Crippen LogP contribution is -2.59. The highest BCUT2D eigenvalue weighted by Gasteiger charge is 2.41. The second-order valence-electron chi connectivity index (χ2n) is 8.11. The number of halogens is 1. The van der Waals surface area contributed by atoms with Crippen molar-refractivity contribution in [1.82, 2.24) is 19.8 Å². The molecule has 0 aliphatic carbocycles. The van der Waals surface area contributed by atoms with Crippen LogP contribution in [-0.4, -0.2) is 75.7 Å². The molecule has 1 atom stereocenters. The minimum atomic E-state index is -0.216. The minimum Gasteiger partial charge on any atom is -0.471 e. The predicted molar refractivity (Wildman–Crippen MR) is 123 cm³/mol. The first kappa shape index (κ1) is 21.2. The lowest BCUT2D eigenvalue weighted by Gasteiger charge is -2.41. The van der Waals surface area contributed by atoms with Gasteiger partial charge in [-0.25, -0.2) is 9.99 Å². The van der Waals surface area contributed by atoms with Crippen molar-refractivity contribution in [3.05, 3.63) is 59.2 Å². The molecule has 2 saturated heterocycles. The number of nitriles is 1. The first-order valence-corrected chi connectivity index (χ1v) is 11.2. The molecule has 1 unspecified atom stereocenters. The highest BCUT2D eigenvalue weighted by Crippen LogP contribution is 2.26. The fourth-order valence-corrected chi connectivity index (χ4v) is 4.46. The number of aromatic nitrogens is 1. The number of nitrogens with zero attached hydrogens (tertiary/aromatic N) is 7. The summed E-state index contributed by atoms with van der Waals surface area (Å²) in [5, 5.41) is 16.5. The van der Waals surface area contributed by atoms with E-state index < -0.39 is 0 Å². The van der Waals surface area contributed by atoms with Gasteiger partial charge in [-0.1, -0.05) is 29.8 Å². The molecular formula is C23H22ClN7O2. The molecule has 1 aromatic heterocycles. The number of amides is 1. The average Bonchev–Trinajstić information content (AvgIpc) is 3.42. The highest BCUT2D eigenvalue weighted by atomic mass is 35.5. The topological polar surface area (TPSA) is 97.4 Å². The molecule has 5 rings (SSSR count). The average molecular weight is 464 g/mol. The van der Waals surface area contributed by atoms with Crippen LogP contribution in [0, 0.1) is 11.5 Å². The maximum absolute atomic E-state index is 12.5. The van der Waals surface area contributed by atoms with E-state index in [9.17, 15) is 10.1 Å². The number of hydrazone groups is 1. The van der Waals surface area contributed by atoms with Gasteiger partial charge in [-0.2, -0.15) is 10.4 Å². The first-order valence-electron chi connectivity index (χ1n) is 10.8. The third-order valence-corrected chi connectivity index (χ3v) is 6.21. The van der Waals surface area contributed by atoms with Crippen molar-refractivity contribution in [3.8, 4) is 12.1 Å². The molecule has 2 aromatic rings. The number of pyridine rings is 1. The van der Waals surface area contributed by atoms with E-state index in [1.165, 1.54) is 0 Å². The van der Waals surface area contributed by atoms with Crippen LogP contribution in [0.25, 0.3) is 0 Å². The van der Waals surface area contributed by atoms with E-state index in [2.05, 4.69) is 9.98 Å². The minimum absolute atomic E-state index is 0.0536. The smallest absolute Gasteiger partial charge is 0.233 e. The SMILES string of the molecule is N#CN=C(N1CC(Oc2ccccn2)C1)N1CC(N2CCCC2=O)C(c2ccc(Cl)cc2)=N1. The van der Waals surface area contributed by atoms with Crippen molar-refractivity contribution in [2.45, 2.75) is 25.0 Å². The van der Waals surface area contributed by atoms with E-state index in [1.54, 1.807) is 11.2 Å². The quantitative estimate of drug-likeness (QED) is 0.392. The summed E-state index contributed by atoms with van der Waals surface area (Å²) in [6.45, 7) is 2.25. The van der Waals surface area contributed by atoms with Gasteiger partial charge in [-0.3, -0.25) is 4.79 Å². The Kier molecular flexibility index (Phi) is 5.84. The van der Waals surface area contributed by atoms with Crippen molar-refractivity contribution in [3.63, 3.8) is 0 Å². The number of aliphatic imine (C=N–C) groups is 1. The normalized spacial score (nSPS) is 21.2. The van der Waals surface area contributed by atoms with Gasteiger partial charge < -0.3 is 14.5 Å². The van der Waals surface area contributed by atoms with E-state index in [0.29, 0.717) is 49.5 Å². The molecule has 0 radical (unpaired) electrons. The van der Waals surface area contributed by atoms with Gasteiger partial charge >= 0.3 is 0 Å². The molecular weight excluding hydrogens is 442 g/mol. The van der Waals surface area contributed by atoms with Crippen molar-refractivity contribution >= 4 is 29.2 Å². The van der Waals surface area contributed by atoms with Gasteiger partial charge in [0.1, 0.15) is 6.10 Å². The Bertz CT molecular complexity index is 1120. The number of benzene rings is 1. The van der Waals surface area contributed by atoms with Gasteiger partial charge in [-0.15, -0.1) is 4.99 Å². The molecule has 9 nitrogen and oxygen atoms in total. The zero-order chi connectivity index (χ0) is 22.8. The van der Waals surface area contributed by atoms with Crippen LogP contribution < -0.4 is 4.74 Å². The van der Waals surface area contributed by atoms with Crippen LogP contribution in [0.3, 0.4) is 0 Å². The molecule has 2 fully saturated rings. The van der Waals surface area contributed by atoms with Crippen LogP contribution >= 0.6 is 11.6 Å². The van der Waals surface area contributed by atoms with Crippen LogP contribution in [0.5, 0.6) is 5.88 Å². The number of hydrogen-bond donors (Lipinski definition) is 0. The summed E-state index contributed by atoms with van der Waals surface area (Å²) >= 11 is 6.07. The number of carbonyl (C=O) groups excluding carboxylic acids is 1. The third-order valence-electron chi connectivity index (χ3n) is 5.95. The van der Waals surface area contributed by atoms with Gasteiger partial charge in [0.15, 0.2) is 0 Å². The lowest BCUT2D eigenvalue weighted by atomic mass is 10.0. The molecule has 1 amide bonds. The Morgan fingerprint density at radius 3 is 2.67 bits per heavy atom. The molecule has 33 heavy (non-hydrogen) atoms. The van der Waals surface area contributed by atoms with Crippen molar-refractivity contribution in [2.24, 2.45) is 10.1 Å². The van der Waals surface area contributed by atoms with Crippen LogP contribution in [0.4, 0.5) is 0 Å². The van der Waals surface area contributed by atoms with E-state index >= 15 is 0 Å². The molecule has 168 valence electrons. The Balaban J connectivity index is 1.36. The molecule has 10 heteroatoms. The Morgan fingerprint density at radius 2 is 2.00 bits per heavy atom. The summed E-state index contributed by atoms with van der Waals surface area (Å²) in [7, 11) is 0. The molecule has 0 bridgehead atoms. The van der Waals surface area contributed by atoms with Gasteiger partial charge in [-0.05, 0) is 24.6 Å². The van der Waals surface area contributed by atoms with Crippen LogP contribution in [0.2, 0.25) is 5.02 Å². The van der Waals surface area contributed by atoms with Crippen molar-refractivity contribution < 1.29 is 9.53 Å². The number of ether oxygens (including phenoxy) is 1. The summed E-state index contributed by atoms with van der Waals surface area (Å²) in [6.07, 6.45) is 4.91. The summed E-state index contributed by atoms with van der Waals surface area (Å²) in [5.74, 6) is 1.15. The molecule has 1 aromatic carbocycles. The Morgan fingerprint density at radius 1 is 1.18 bits per heavy atom. The van der Waals surface area contributed by atoms with Crippen molar-refractivity contribution in [1.29, 1.82) is 5.26 Å². The molecule has 3 aliphatic heterocycles. The standard InChI is InChI=1S/C23H22ClN7O2/c24-17-8-6-16(7-9-17)22-19(30-11-3-5-21(30)32)14-31(28-22)23(27-15-25)29-12-18(13-29)33-20-4-1-2-10-26-20/h1-2,4,6-10,18-19H,3,5,11-14H2. The zero-order valence-electron chi connectivity index (χ0n) is 17.8. The number of likely N-dealkylation sites (tertiary alicyclic amines) is 2. The van der Waals surface area contributed by atoms with Crippen LogP contribution in [-0.2, 0) is 4.79 Å². The predicted octanol–water partition coefficient (Wildman–Crippen LogP) is 2.35. The summed E-state index contributed by atoms with van der Waals surface area (Å²) in [4.78, 5) is 24.6. The third kappa shape index (κ3) is 4.34. The molecule has 3 aliphatic rings. The maximum Gasteiger partial charge on any atom is 0.233 e. The monoisotopic (exact) mass is 463 g/mol. The van der Waals surface area contributed by atoms with E-state index in [1.807, 2.05) is 58.5 Å². The number of carbonyl (C=O) groups is 1. The summed E-state index contributed by atoms with van der Waals surface area (Å²) in [5.41, 5.74) is 1.66. The number of hydrogen-bond acceptors (Lipinski definition) is 6. The Hall–Kier alpha value is -3.64. The Labute approximate surface area is 196 Å². The second kappa shape index (κ2) is 9.08. The second-order valence-corrected chi connectivity index (χ2v) is 8.54. The molecule has 0 spiro atoms. The molecule has 4 heterocycles. The van der Waals surface area contributed by atoms with E-state index in [0.717, 1.165) is 17.7 Å². The fourth-order valence-electron chi connectivity index (χ4n) is 4.33.